The molecule has 0 aliphatic carbocycles. The van der Waals surface area contributed by atoms with Gasteiger partial charge in [0.25, 0.3) is 5.91 Å². The number of benzene rings is 1. The number of hydrogen-bond acceptors (Lipinski definition) is 4. The Kier molecular flexibility index (Phi) is 5.53. The molecule has 0 saturated carbocycles. The molecule has 1 aliphatic heterocycles. The maximum absolute atomic E-state index is 13.0. The molecule has 7 nitrogen and oxygen atoms in total. The van der Waals surface area contributed by atoms with Crippen molar-refractivity contribution < 1.29 is 9.53 Å². The molecule has 1 atom stereocenters. The average Bonchev–Trinajstić information content (AvgIpc) is 3.44. The van der Waals surface area contributed by atoms with E-state index >= 15 is 0 Å². The van der Waals surface area contributed by atoms with Crippen LogP contribution in [-0.2, 0) is 11.3 Å². The molecule has 0 spiro atoms. The fourth-order valence-electron chi connectivity index (χ4n) is 3.79. The standard InChI is InChI=1S/C21H25N5O2/c1-28-15-14-24-13-10-22-20(24)18-4-2-11-25(16-18)21(27)17-5-7-19(8-6-17)26-12-3-9-23-26/h3,5-10,12-13,18H,2,4,11,14-16H2,1H3/t18-/m0/s1. The zero-order valence-electron chi connectivity index (χ0n) is 16.1. The maximum Gasteiger partial charge on any atom is 0.253 e. The molecule has 146 valence electrons. The molecule has 1 amide bonds. The molecule has 0 unspecified atom stereocenters. The van der Waals surface area contributed by atoms with E-state index in [1.54, 1.807) is 18.0 Å². The first-order chi connectivity index (χ1) is 13.8. The van der Waals surface area contributed by atoms with Gasteiger partial charge in [-0.05, 0) is 43.2 Å². The second-order valence-corrected chi connectivity index (χ2v) is 7.06. The molecule has 0 bridgehead atoms. The van der Waals surface area contributed by atoms with E-state index in [1.807, 2.05) is 53.8 Å². The van der Waals surface area contributed by atoms with Gasteiger partial charge in [0.05, 0.1) is 12.3 Å². The number of carbonyl (C=O) groups is 1. The number of piperidine rings is 1. The minimum Gasteiger partial charge on any atom is -0.383 e. The normalized spacial score (nSPS) is 17.0. The van der Waals surface area contributed by atoms with Crippen LogP contribution in [0.1, 0.15) is 34.9 Å². The number of ether oxygens (including phenoxy) is 1. The van der Waals surface area contributed by atoms with E-state index in [9.17, 15) is 4.79 Å². The van der Waals surface area contributed by atoms with E-state index in [-0.39, 0.29) is 11.8 Å². The molecule has 0 radical (unpaired) electrons. The van der Waals surface area contributed by atoms with Gasteiger partial charge in [-0.1, -0.05) is 0 Å². The summed E-state index contributed by atoms with van der Waals surface area (Å²) in [5, 5.41) is 4.22. The van der Waals surface area contributed by atoms with Crippen LogP contribution in [0.2, 0.25) is 0 Å². The fourth-order valence-corrected chi connectivity index (χ4v) is 3.79. The van der Waals surface area contributed by atoms with Crippen molar-refractivity contribution in [3.8, 4) is 5.69 Å². The van der Waals surface area contributed by atoms with E-state index in [0.717, 1.165) is 37.4 Å². The molecule has 28 heavy (non-hydrogen) atoms. The zero-order valence-corrected chi connectivity index (χ0v) is 16.1. The summed E-state index contributed by atoms with van der Waals surface area (Å²) in [5.74, 6) is 1.38. The largest absolute Gasteiger partial charge is 0.383 e. The van der Waals surface area contributed by atoms with Crippen molar-refractivity contribution in [2.45, 2.75) is 25.3 Å². The summed E-state index contributed by atoms with van der Waals surface area (Å²) >= 11 is 0. The van der Waals surface area contributed by atoms with Gasteiger partial charge >= 0.3 is 0 Å². The minimum atomic E-state index is 0.0757. The van der Waals surface area contributed by atoms with Gasteiger partial charge in [0.15, 0.2) is 0 Å². The van der Waals surface area contributed by atoms with Crippen LogP contribution in [-0.4, -0.2) is 56.9 Å². The highest BCUT2D eigenvalue weighted by Crippen LogP contribution is 2.27. The van der Waals surface area contributed by atoms with Crippen molar-refractivity contribution in [1.82, 2.24) is 24.2 Å². The molecule has 1 fully saturated rings. The molecular weight excluding hydrogens is 354 g/mol. The summed E-state index contributed by atoms with van der Waals surface area (Å²) in [6.07, 6.45) is 9.48. The monoisotopic (exact) mass is 379 g/mol. The zero-order chi connectivity index (χ0) is 19.3. The molecule has 1 aliphatic rings. The van der Waals surface area contributed by atoms with Gasteiger partial charge in [0.2, 0.25) is 0 Å². The summed E-state index contributed by atoms with van der Waals surface area (Å²) in [6, 6.07) is 9.49. The molecule has 1 aromatic carbocycles. The lowest BCUT2D eigenvalue weighted by Crippen LogP contribution is -2.39. The van der Waals surface area contributed by atoms with Crippen LogP contribution >= 0.6 is 0 Å². The number of amides is 1. The first kappa shape index (κ1) is 18.4. The summed E-state index contributed by atoms with van der Waals surface area (Å²) in [5.41, 5.74) is 1.65. The third-order valence-corrected chi connectivity index (χ3v) is 5.24. The Hall–Kier alpha value is -2.93. The van der Waals surface area contributed by atoms with Crippen molar-refractivity contribution in [3.63, 3.8) is 0 Å². The summed E-state index contributed by atoms with van der Waals surface area (Å²) in [7, 11) is 1.70. The van der Waals surface area contributed by atoms with E-state index in [4.69, 9.17) is 4.74 Å². The first-order valence-electron chi connectivity index (χ1n) is 9.65. The van der Waals surface area contributed by atoms with Gasteiger partial charge in [0.1, 0.15) is 5.82 Å². The average molecular weight is 379 g/mol. The van der Waals surface area contributed by atoms with E-state index in [2.05, 4.69) is 14.6 Å². The minimum absolute atomic E-state index is 0.0757. The Morgan fingerprint density at radius 3 is 2.82 bits per heavy atom. The first-order valence-corrected chi connectivity index (χ1v) is 9.65. The smallest absolute Gasteiger partial charge is 0.253 e. The molecule has 1 saturated heterocycles. The van der Waals surface area contributed by atoms with Crippen LogP contribution in [0.15, 0.2) is 55.1 Å². The van der Waals surface area contributed by atoms with Crippen molar-refractivity contribution >= 4 is 5.91 Å². The van der Waals surface area contributed by atoms with Crippen LogP contribution in [0.4, 0.5) is 0 Å². The Labute approximate surface area is 164 Å². The van der Waals surface area contributed by atoms with Crippen LogP contribution in [0.25, 0.3) is 5.69 Å². The number of methoxy groups -OCH3 is 1. The van der Waals surface area contributed by atoms with E-state index in [0.29, 0.717) is 18.7 Å². The van der Waals surface area contributed by atoms with Gasteiger partial charge < -0.3 is 14.2 Å². The Morgan fingerprint density at radius 2 is 2.07 bits per heavy atom. The topological polar surface area (TPSA) is 65.2 Å². The third kappa shape index (κ3) is 3.84. The quantitative estimate of drug-likeness (QED) is 0.661. The van der Waals surface area contributed by atoms with Crippen LogP contribution in [0, 0.1) is 0 Å². The van der Waals surface area contributed by atoms with Crippen molar-refractivity contribution in [2.24, 2.45) is 0 Å². The summed E-state index contributed by atoms with van der Waals surface area (Å²) < 4.78 is 9.11. The highest BCUT2D eigenvalue weighted by Gasteiger charge is 2.28. The number of imidazole rings is 1. The maximum atomic E-state index is 13.0. The lowest BCUT2D eigenvalue weighted by Gasteiger charge is -2.32. The van der Waals surface area contributed by atoms with Crippen molar-refractivity contribution in [1.29, 1.82) is 0 Å². The van der Waals surface area contributed by atoms with Gasteiger partial charge in [-0.15, -0.1) is 0 Å². The fraction of sp³-hybridized carbons (Fsp3) is 0.381. The van der Waals surface area contributed by atoms with Crippen LogP contribution in [0.3, 0.4) is 0 Å². The highest BCUT2D eigenvalue weighted by molar-refractivity contribution is 5.94. The summed E-state index contributed by atoms with van der Waals surface area (Å²) in [4.78, 5) is 19.5. The van der Waals surface area contributed by atoms with Gasteiger partial charge in [-0.2, -0.15) is 5.10 Å². The predicted octanol–water partition coefficient (Wildman–Crippen LogP) is 2.74. The SMILES string of the molecule is COCCn1ccnc1[C@H]1CCCN(C(=O)c2ccc(-n3cccn3)cc2)C1. The van der Waals surface area contributed by atoms with Gasteiger partial charge in [0, 0.05) is 63.0 Å². The molecule has 2 aromatic heterocycles. The van der Waals surface area contributed by atoms with Crippen LogP contribution in [0.5, 0.6) is 0 Å². The van der Waals surface area contributed by atoms with E-state index in [1.165, 1.54) is 0 Å². The Bertz CT molecular complexity index is 901. The lowest BCUT2D eigenvalue weighted by molar-refractivity contribution is 0.0702. The van der Waals surface area contributed by atoms with Crippen molar-refractivity contribution in [2.75, 3.05) is 26.8 Å². The molecule has 4 rings (SSSR count). The van der Waals surface area contributed by atoms with Gasteiger partial charge in [-0.25, -0.2) is 9.67 Å². The molecule has 3 aromatic rings. The lowest BCUT2D eigenvalue weighted by atomic mass is 9.96. The second-order valence-electron chi connectivity index (χ2n) is 7.06. The van der Waals surface area contributed by atoms with Crippen molar-refractivity contribution in [3.05, 3.63) is 66.5 Å². The number of aromatic nitrogens is 4. The molecular formula is C21H25N5O2. The number of likely N-dealkylation sites (tertiary alicyclic amines) is 1. The number of nitrogens with zero attached hydrogens (tertiary/aromatic N) is 5. The predicted molar refractivity (Wildman–Crippen MR) is 106 cm³/mol. The number of carbonyl (C=O) groups excluding carboxylic acids is 1. The Morgan fingerprint density at radius 1 is 1.21 bits per heavy atom. The summed E-state index contributed by atoms with van der Waals surface area (Å²) in [6.45, 7) is 2.92. The van der Waals surface area contributed by atoms with E-state index < -0.39 is 0 Å². The third-order valence-electron chi connectivity index (χ3n) is 5.24. The number of hydrogen-bond donors (Lipinski definition) is 0. The van der Waals surface area contributed by atoms with Crippen LogP contribution < -0.4 is 0 Å². The molecule has 3 heterocycles. The molecule has 7 heteroatoms. The highest BCUT2D eigenvalue weighted by atomic mass is 16.5. The molecule has 0 N–H and O–H groups in total. The number of rotatable bonds is 6. The second kappa shape index (κ2) is 8.39. The Balaban J connectivity index is 1.45. The van der Waals surface area contributed by atoms with Gasteiger partial charge in [-0.3, -0.25) is 4.79 Å².